The van der Waals surface area contributed by atoms with Gasteiger partial charge in [-0.1, -0.05) is 25.3 Å². The van der Waals surface area contributed by atoms with E-state index in [4.69, 9.17) is 4.74 Å². The summed E-state index contributed by atoms with van der Waals surface area (Å²) in [5.41, 5.74) is 0. The number of hydrogen-bond donors (Lipinski definition) is 1. The monoisotopic (exact) mass is 238 g/mol. The number of hydrogen-bond acceptors (Lipinski definition) is 2. The maximum atomic E-state index is 12.9. The molecule has 0 saturated heterocycles. The van der Waals surface area contributed by atoms with Crippen LogP contribution < -0.4 is 4.74 Å². The van der Waals surface area contributed by atoms with E-state index in [9.17, 15) is 9.50 Å². The number of aliphatic hydroxyl groups excluding tert-OH is 1. The van der Waals surface area contributed by atoms with Gasteiger partial charge in [-0.3, -0.25) is 0 Å². The minimum Gasteiger partial charge on any atom is -0.491 e. The molecule has 1 fully saturated rings. The Hall–Kier alpha value is -1.09. The van der Waals surface area contributed by atoms with Crippen molar-refractivity contribution in [3.63, 3.8) is 0 Å². The van der Waals surface area contributed by atoms with Gasteiger partial charge in [-0.25, -0.2) is 4.39 Å². The highest BCUT2D eigenvalue weighted by molar-refractivity contribution is 5.22. The predicted molar refractivity (Wildman–Crippen MR) is 64.5 cm³/mol. The van der Waals surface area contributed by atoms with Gasteiger partial charge in [0.05, 0.1) is 6.10 Å². The molecule has 2 rings (SSSR count). The molecule has 1 aliphatic carbocycles. The molecule has 1 unspecified atom stereocenters. The first-order chi connectivity index (χ1) is 8.25. The molecule has 0 heterocycles. The second kappa shape index (κ2) is 6.01. The predicted octanol–water partition coefficient (Wildman–Crippen LogP) is 3.15. The van der Waals surface area contributed by atoms with Crippen LogP contribution in [0.1, 0.15) is 32.1 Å². The van der Waals surface area contributed by atoms with E-state index in [1.807, 2.05) is 0 Å². The van der Waals surface area contributed by atoms with Crippen molar-refractivity contribution in [2.75, 3.05) is 6.61 Å². The summed E-state index contributed by atoms with van der Waals surface area (Å²) >= 11 is 0. The molecule has 1 atom stereocenters. The number of halogens is 1. The molecule has 3 heteroatoms. The van der Waals surface area contributed by atoms with Crippen molar-refractivity contribution >= 4 is 0 Å². The zero-order valence-electron chi connectivity index (χ0n) is 9.94. The van der Waals surface area contributed by atoms with Crippen LogP contribution in [0.15, 0.2) is 24.3 Å². The SMILES string of the molecule is OC(COc1cccc(F)c1)C1CCCCC1. The van der Waals surface area contributed by atoms with Gasteiger partial charge in [-0.2, -0.15) is 0 Å². The molecule has 94 valence electrons. The van der Waals surface area contributed by atoms with E-state index in [0.29, 0.717) is 11.7 Å². The lowest BCUT2D eigenvalue weighted by atomic mass is 9.85. The van der Waals surface area contributed by atoms with Gasteiger partial charge in [0, 0.05) is 6.07 Å². The number of rotatable bonds is 4. The normalized spacial score (nSPS) is 18.9. The molecule has 0 spiro atoms. The minimum atomic E-state index is -0.432. The van der Waals surface area contributed by atoms with E-state index in [1.54, 1.807) is 12.1 Å². The number of aliphatic hydroxyl groups is 1. The Labute approximate surface area is 101 Å². The first kappa shape index (κ1) is 12.4. The van der Waals surface area contributed by atoms with Crippen LogP contribution in [0.2, 0.25) is 0 Å². The average Bonchev–Trinajstić information content (AvgIpc) is 2.37. The molecule has 1 saturated carbocycles. The third-order valence-corrected chi connectivity index (χ3v) is 3.41. The fraction of sp³-hybridized carbons (Fsp3) is 0.571. The Morgan fingerprint density at radius 3 is 2.76 bits per heavy atom. The van der Waals surface area contributed by atoms with Gasteiger partial charge < -0.3 is 9.84 Å². The summed E-state index contributed by atoms with van der Waals surface area (Å²) in [5, 5.41) is 9.99. The molecule has 1 aliphatic rings. The van der Waals surface area contributed by atoms with Crippen molar-refractivity contribution < 1.29 is 14.2 Å². The van der Waals surface area contributed by atoms with Gasteiger partial charge >= 0.3 is 0 Å². The molecule has 0 aromatic heterocycles. The molecule has 0 radical (unpaired) electrons. The van der Waals surface area contributed by atoms with Crippen molar-refractivity contribution in [1.82, 2.24) is 0 Å². The summed E-state index contributed by atoms with van der Waals surface area (Å²) in [6.45, 7) is 0.258. The molecule has 1 N–H and O–H groups in total. The van der Waals surface area contributed by atoms with Crippen LogP contribution in [0, 0.1) is 11.7 Å². The van der Waals surface area contributed by atoms with E-state index in [0.717, 1.165) is 12.8 Å². The van der Waals surface area contributed by atoms with E-state index < -0.39 is 6.10 Å². The number of benzene rings is 1. The largest absolute Gasteiger partial charge is 0.491 e. The summed E-state index contributed by atoms with van der Waals surface area (Å²) in [7, 11) is 0. The Morgan fingerprint density at radius 2 is 2.06 bits per heavy atom. The summed E-state index contributed by atoms with van der Waals surface area (Å²) in [4.78, 5) is 0. The summed E-state index contributed by atoms with van der Waals surface area (Å²) in [6, 6.07) is 6.03. The van der Waals surface area contributed by atoms with Gasteiger partial charge in [0.2, 0.25) is 0 Å². The Kier molecular flexibility index (Phi) is 4.37. The average molecular weight is 238 g/mol. The number of ether oxygens (including phenoxy) is 1. The van der Waals surface area contributed by atoms with E-state index in [2.05, 4.69) is 0 Å². The molecule has 0 bridgehead atoms. The topological polar surface area (TPSA) is 29.5 Å². The first-order valence-corrected chi connectivity index (χ1v) is 6.32. The van der Waals surface area contributed by atoms with Gasteiger partial charge in [0.15, 0.2) is 0 Å². The molecular formula is C14H19FO2. The highest BCUT2D eigenvalue weighted by Gasteiger charge is 2.22. The van der Waals surface area contributed by atoms with Crippen molar-refractivity contribution in [2.45, 2.75) is 38.2 Å². The van der Waals surface area contributed by atoms with Crippen LogP contribution in [0.25, 0.3) is 0 Å². The van der Waals surface area contributed by atoms with Crippen LogP contribution in [-0.2, 0) is 0 Å². The zero-order chi connectivity index (χ0) is 12.1. The van der Waals surface area contributed by atoms with Crippen molar-refractivity contribution in [2.24, 2.45) is 5.92 Å². The molecule has 1 aromatic rings. The Bertz CT molecular complexity index is 348. The van der Waals surface area contributed by atoms with Crippen molar-refractivity contribution in [3.05, 3.63) is 30.1 Å². The second-order valence-corrected chi connectivity index (χ2v) is 4.73. The summed E-state index contributed by atoms with van der Waals surface area (Å²) in [6.07, 6.45) is 5.39. The van der Waals surface area contributed by atoms with Gasteiger partial charge in [-0.15, -0.1) is 0 Å². The molecule has 0 amide bonds. The smallest absolute Gasteiger partial charge is 0.126 e. The minimum absolute atomic E-state index is 0.258. The Morgan fingerprint density at radius 1 is 1.29 bits per heavy atom. The molecule has 1 aromatic carbocycles. The fourth-order valence-electron chi connectivity index (χ4n) is 2.39. The molecule has 17 heavy (non-hydrogen) atoms. The van der Waals surface area contributed by atoms with Crippen LogP contribution in [0.3, 0.4) is 0 Å². The van der Waals surface area contributed by atoms with Gasteiger partial charge in [-0.05, 0) is 30.9 Å². The van der Waals surface area contributed by atoms with Crippen molar-refractivity contribution in [1.29, 1.82) is 0 Å². The maximum absolute atomic E-state index is 12.9. The summed E-state index contributed by atoms with van der Waals surface area (Å²) < 4.78 is 18.3. The third-order valence-electron chi connectivity index (χ3n) is 3.41. The van der Waals surface area contributed by atoms with Gasteiger partial charge in [0.25, 0.3) is 0 Å². The fourth-order valence-corrected chi connectivity index (χ4v) is 2.39. The lowest BCUT2D eigenvalue weighted by molar-refractivity contribution is 0.0412. The maximum Gasteiger partial charge on any atom is 0.126 e. The second-order valence-electron chi connectivity index (χ2n) is 4.73. The van der Waals surface area contributed by atoms with E-state index >= 15 is 0 Å². The molecule has 0 aliphatic heterocycles. The molecule has 2 nitrogen and oxygen atoms in total. The van der Waals surface area contributed by atoms with Gasteiger partial charge in [0.1, 0.15) is 18.2 Å². The van der Waals surface area contributed by atoms with Crippen LogP contribution in [0.4, 0.5) is 4.39 Å². The quantitative estimate of drug-likeness (QED) is 0.873. The van der Waals surface area contributed by atoms with Crippen LogP contribution in [0.5, 0.6) is 5.75 Å². The highest BCUT2D eigenvalue weighted by atomic mass is 19.1. The van der Waals surface area contributed by atoms with E-state index in [1.165, 1.54) is 31.4 Å². The standard InChI is InChI=1S/C14H19FO2/c15-12-7-4-8-13(9-12)17-10-14(16)11-5-2-1-3-6-11/h4,7-9,11,14,16H,1-3,5-6,10H2. The third kappa shape index (κ3) is 3.70. The summed E-state index contributed by atoms with van der Waals surface area (Å²) in [5.74, 6) is 0.520. The van der Waals surface area contributed by atoms with Crippen molar-refractivity contribution in [3.8, 4) is 5.75 Å². The lowest BCUT2D eigenvalue weighted by Gasteiger charge is -2.26. The lowest BCUT2D eigenvalue weighted by Crippen LogP contribution is -2.28. The van der Waals surface area contributed by atoms with E-state index in [-0.39, 0.29) is 12.4 Å². The van der Waals surface area contributed by atoms with Crippen LogP contribution in [-0.4, -0.2) is 17.8 Å². The zero-order valence-corrected chi connectivity index (χ0v) is 9.94. The van der Waals surface area contributed by atoms with Crippen LogP contribution >= 0.6 is 0 Å². The first-order valence-electron chi connectivity index (χ1n) is 6.32. The highest BCUT2D eigenvalue weighted by Crippen LogP contribution is 2.26. The Balaban J connectivity index is 1.80. The molecular weight excluding hydrogens is 219 g/mol.